The molecule has 1 fully saturated rings. The van der Waals surface area contributed by atoms with E-state index < -0.39 is 22.8 Å². The number of aliphatic carboxylic acids is 1. The van der Waals surface area contributed by atoms with Gasteiger partial charge >= 0.3 is 5.97 Å². The molecule has 0 radical (unpaired) electrons. The first-order chi connectivity index (χ1) is 11.3. The lowest BCUT2D eigenvalue weighted by atomic mass is 9.54. The van der Waals surface area contributed by atoms with Crippen LogP contribution >= 0.6 is 0 Å². The maximum Gasteiger partial charge on any atom is 0.330 e. The number of ether oxygens (including phenoxy) is 1. The Kier molecular flexibility index (Phi) is 3.79. The molecule has 0 spiro atoms. The molecule has 0 aromatic carbocycles. The Morgan fingerprint density at radius 2 is 2.25 bits per heavy atom. The van der Waals surface area contributed by atoms with E-state index >= 15 is 0 Å². The minimum atomic E-state index is -1.38. The molecule has 2 N–H and O–H groups in total. The summed E-state index contributed by atoms with van der Waals surface area (Å²) in [5.74, 6) is -1.57. The Hall–Kier alpha value is -2.48. The van der Waals surface area contributed by atoms with Crippen molar-refractivity contribution >= 4 is 17.5 Å². The average molecular weight is 332 g/mol. The van der Waals surface area contributed by atoms with E-state index in [0.29, 0.717) is 12.3 Å². The standard InChI is InChI=1S/C16H20N4O4/c1-4-24-11-8-16(14(22)23,15(11,2)3)19-13(21)10-9-18-20-7-5-6-17-12(10)20/h5-7,9,11H,4,8H2,1-3H3,(H,19,21)(H,22,23). The van der Waals surface area contributed by atoms with Gasteiger partial charge in [-0.25, -0.2) is 14.3 Å². The number of nitrogens with zero attached hydrogens (tertiary/aromatic N) is 3. The maximum atomic E-state index is 12.7. The van der Waals surface area contributed by atoms with Crippen LogP contribution in [0.25, 0.3) is 5.65 Å². The molecule has 1 amide bonds. The summed E-state index contributed by atoms with van der Waals surface area (Å²) in [6.07, 6.45) is 4.62. The summed E-state index contributed by atoms with van der Waals surface area (Å²) in [5, 5.41) is 16.5. The lowest BCUT2D eigenvalue weighted by Crippen LogP contribution is -2.76. The molecule has 24 heavy (non-hydrogen) atoms. The molecule has 8 heteroatoms. The monoisotopic (exact) mass is 332 g/mol. The van der Waals surface area contributed by atoms with E-state index in [9.17, 15) is 14.7 Å². The maximum absolute atomic E-state index is 12.7. The van der Waals surface area contributed by atoms with E-state index in [-0.39, 0.29) is 18.1 Å². The summed E-state index contributed by atoms with van der Waals surface area (Å²) in [4.78, 5) is 28.7. The third-order valence-electron chi connectivity index (χ3n) is 4.98. The van der Waals surface area contributed by atoms with Gasteiger partial charge in [0.2, 0.25) is 0 Å². The second-order valence-electron chi connectivity index (χ2n) is 6.48. The highest BCUT2D eigenvalue weighted by molar-refractivity contribution is 6.02. The summed E-state index contributed by atoms with van der Waals surface area (Å²) >= 11 is 0. The first-order valence-electron chi connectivity index (χ1n) is 7.79. The largest absolute Gasteiger partial charge is 0.479 e. The van der Waals surface area contributed by atoms with Crippen molar-refractivity contribution in [3.05, 3.63) is 30.2 Å². The Bertz CT molecular complexity index is 800. The van der Waals surface area contributed by atoms with Crippen molar-refractivity contribution in [3.8, 4) is 0 Å². The molecule has 0 bridgehead atoms. The number of hydrogen-bond acceptors (Lipinski definition) is 5. The highest BCUT2D eigenvalue weighted by atomic mass is 16.5. The van der Waals surface area contributed by atoms with E-state index in [1.165, 1.54) is 10.7 Å². The lowest BCUT2D eigenvalue weighted by molar-refractivity contribution is -0.190. The van der Waals surface area contributed by atoms with Crippen LogP contribution in [-0.2, 0) is 9.53 Å². The summed E-state index contributed by atoms with van der Waals surface area (Å²) in [6, 6.07) is 1.70. The first kappa shape index (κ1) is 16.4. The number of aromatic nitrogens is 3. The molecule has 8 nitrogen and oxygen atoms in total. The number of amides is 1. The molecule has 2 atom stereocenters. The van der Waals surface area contributed by atoms with Crippen molar-refractivity contribution in [2.75, 3.05) is 6.61 Å². The number of carbonyl (C=O) groups excluding carboxylic acids is 1. The number of rotatable bonds is 5. The smallest absolute Gasteiger partial charge is 0.330 e. The first-order valence-corrected chi connectivity index (χ1v) is 7.79. The Labute approximate surface area is 138 Å². The van der Waals surface area contributed by atoms with Crippen LogP contribution in [0.2, 0.25) is 0 Å². The predicted octanol–water partition coefficient (Wildman–Crippen LogP) is 1.12. The van der Waals surface area contributed by atoms with Crippen LogP contribution in [0, 0.1) is 5.41 Å². The van der Waals surface area contributed by atoms with E-state index in [2.05, 4.69) is 15.4 Å². The molecule has 128 valence electrons. The van der Waals surface area contributed by atoms with Crippen molar-refractivity contribution in [3.63, 3.8) is 0 Å². The van der Waals surface area contributed by atoms with Crippen LogP contribution in [-0.4, -0.2) is 49.8 Å². The van der Waals surface area contributed by atoms with Crippen LogP contribution in [0.3, 0.4) is 0 Å². The molecular weight excluding hydrogens is 312 g/mol. The fourth-order valence-electron chi connectivity index (χ4n) is 3.29. The molecule has 0 aliphatic heterocycles. The van der Waals surface area contributed by atoms with Crippen LogP contribution in [0.5, 0.6) is 0 Å². The minimum absolute atomic E-state index is 0.221. The van der Waals surface area contributed by atoms with Gasteiger partial charge in [0.25, 0.3) is 5.91 Å². The molecular formula is C16H20N4O4. The Morgan fingerprint density at radius 1 is 1.50 bits per heavy atom. The van der Waals surface area contributed by atoms with Crippen molar-refractivity contribution in [1.82, 2.24) is 19.9 Å². The molecule has 2 aromatic heterocycles. The number of hydrogen-bond donors (Lipinski definition) is 2. The zero-order valence-electron chi connectivity index (χ0n) is 13.8. The van der Waals surface area contributed by atoms with E-state index in [1.54, 1.807) is 32.3 Å². The number of nitrogens with one attached hydrogen (secondary N) is 1. The van der Waals surface area contributed by atoms with Gasteiger partial charge in [-0.15, -0.1) is 0 Å². The minimum Gasteiger partial charge on any atom is -0.479 e. The number of carboxylic acids is 1. The quantitative estimate of drug-likeness (QED) is 0.850. The van der Waals surface area contributed by atoms with Gasteiger partial charge in [-0.3, -0.25) is 4.79 Å². The number of fused-ring (bicyclic) bond motifs is 1. The van der Waals surface area contributed by atoms with Crippen molar-refractivity contribution in [1.29, 1.82) is 0 Å². The molecule has 1 aliphatic rings. The number of carbonyl (C=O) groups is 2. The Morgan fingerprint density at radius 3 is 2.88 bits per heavy atom. The zero-order valence-corrected chi connectivity index (χ0v) is 13.8. The molecule has 1 aliphatic carbocycles. The van der Waals surface area contributed by atoms with Crippen LogP contribution in [0.1, 0.15) is 37.6 Å². The van der Waals surface area contributed by atoms with Gasteiger partial charge in [-0.05, 0) is 13.0 Å². The average Bonchev–Trinajstić information content (AvgIpc) is 2.97. The van der Waals surface area contributed by atoms with Gasteiger partial charge in [0.15, 0.2) is 5.65 Å². The topological polar surface area (TPSA) is 106 Å². The molecule has 2 aromatic rings. The van der Waals surface area contributed by atoms with Crippen LogP contribution in [0.15, 0.2) is 24.7 Å². The van der Waals surface area contributed by atoms with Crippen molar-refractivity contribution in [2.45, 2.75) is 38.8 Å². The van der Waals surface area contributed by atoms with Crippen LogP contribution in [0.4, 0.5) is 0 Å². The summed E-state index contributed by atoms with van der Waals surface area (Å²) in [7, 11) is 0. The second kappa shape index (κ2) is 5.55. The van der Waals surface area contributed by atoms with Crippen LogP contribution < -0.4 is 5.32 Å². The van der Waals surface area contributed by atoms with Gasteiger partial charge in [0.1, 0.15) is 11.1 Å². The van der Waals surface area contributed by atoms with Gasteiger partial charge in [-0.1, -0.05) is 13.8 Å². The van der Waals surface area contributed by atoms with Crippen molar-refractivity contribution < 1.29 is 19.4 Å². The summed E-state index contributed by atoms with van der Waals surface area (Å²) in [6.45, 7) is 5.94. The highest BCUT2D eigenvalue weighted by Crippen LogP contribution is 2.51. The highest BCUT2D eigenvalue weighted by Gasteiger charge is 2.66. The van der Waals surface area contributed by atoms with Gasteiger partial charge in [0.05, 0.1) is 12.3 Å². The molecule has 1 saturated carbocycles. The second-order valence-corrected chi connectivity index (χ2v) is 6.48. The molecule has 2 heterocycles. The van der Waals surface area contributed by atoms with Gasteiger partial charge in [0, 0.05) is 30.8 Å². The van der Waals surface area contributed by atoms with E-state index in [0.717, 1.165) is 0 Å². The van der Waals surface area contributed by atoms with Gasteiger partial charge < -0.3 is 15.2 Å². The number of carboxylic acid groups (broad SMARTS) is 1. The third-order valence-corrected chi connectivity index (χ3v) is 4.98. The third kappa shape index (κ3) is 2.17. The zero-order chi connectivity index (χ0) is 17.5. The van der Waals surface area contributed by atoms with E-state index in [4.69, 9.17) is 4.74 Å². The molecule has 3 rings (SSSR count). The molecule has 0 saturated heterocycles. The summed E-state index contributed by atoms with van der Waals surface area (Å²) < 4.78 is 7.07. The fraction of sp³-hybridized carbons (Fsp3) is 0.500. The fourth-order valence-corrected chi connectivity index (χ4v) is 3.29. The van der Waals surface area contributed by atoms with Crippen molar-refractivity contribution in [2.24, 2.45) is 5.41 Å². The van der Waals surface area contributed by atoms with E-state index in [1.807, 2.05) is 6.92 Å². The summed E-state index contributed by atoms with van der Waals surface area (Å²) in [5.41, 5.74) is -1.49. The predicted molar refractivity (Wildman–Crippen MR) is 84.6 cm³/mol. The normalized spacial score (nSPS) is 25.2. The Balaban J connectivity index is 1.90. The molecule has 2 unspecified atom stereocenters. The lowest BCUT2D eigenvalue weighted by Gasteiger charge is -2.58. The van der Waals surface area contributed by atoms with Gasteiger partial charge in [-0.2, -0.15) is 5.10 Å². The SMILES string of the molecule is CCOC1CC(NC(=O)c2cnn3cccnc23)(C(=O)O)C1(C)C.